The van der Waals surface area contributed by atoms with Crippen LogP contribution in [-0.2, 0) is 23.1 Å². The van der Waals surface area contributed by atoms with Gasteiger partial charge in [-0.15, -0.1) is 0 Å². The third-order valence-corrected chi connectivity index (χ3v) is 5.92. The highest BCUT2D eigenvalue weighted by Gasteiger charge is 2.43. The van der Waals surface area contributed by atoms with Gasteiger partial charge in [0, 0.05) is 0 Å². The van der Waals surface area contributed by atoms with E-state index in [0.29, 0.717) is 11.3 Å². The molecule has 1 aliphatic carbocycles. The molecule has 1 aliphatic rings. The Morgan fingerprint density at radius 2 is 1.71 bits per heavy atom. The largest absolute Gasteiger partial charge is 0.424 e. The van der Waals surface area contributed by atoms with Crippen molar-refractivity contribution in [3.8, 4) is 11.8 Å². The first-order chi connectivity index (χ1) is 13.6. The zero-order valence-corrected chi connectivity index (χ0v) is 17.0. The van der Waals surface area contributed by atoms with Crippen LogP contribution in [0.25, 0.3) is 0 Å². The fourth-order valence-corrected chi connectivity index (χ4v) is 4.22. The summed E-state index contributed by atoms with van der Waals surface area (Å²) < 4.78 is 5.86. The van der Waals surface area contributed by atoms with Gasteiger partial charge in [0.2, 0.25) is 0 Å². The normalized spacial score (nSPS) is 15.6. The van der Waals surface area contributed by atoms with Gasteiger partial charge in [-0.1, -0.05) is 69.9 Å². The molecule has 2 aromatic carbocycles. The summed E-state index contributed by atoms with van der Waals surface area (Å²) in [5.74, 6) is 0.152. The van der Waals surface area contributed by atoms with Crippen LogP contribution in [0.15, 0.2) is 42.5 Å². The van der Waals surface area contributed by atoms with Crippen molar-refractivity contribution in [3.63, 3.8) is 0 Å². The Morgan fingerprint density at radius 1 is 1.04 bits per heavy atom. The summed E-state index contributed by atoms with van der Waals surface area (Å²) >= 11 is 0. The lowest BCUT2D eigenvalue weighted by Gasteiger charge is -2.35. The molecule has 0 aromatic heterocycles. The average Bonchev–Trinajstić information content (AvgIpc) is 2.75. The lowest BCUT2D eigenvalue weighted by Crippen LogP contribution is -2.41. The highest BCUT2D eigenvalue weighted by Crippen LogP contribution is 2.41. The summed E-state index contributed by atoms with van der Waals surface area (Å²) in [5.41, 5.74) is 3.23. The van der Waals surface area contributed by atoms with E-state index in [1.54, 1.807) is 6.07 Å². The second-order valence-corrected chi connectivity index (χ2v) is 7.78. The number of hydrogen-bond acceptors (Lipinski definition) is 3. The first-order valence-corrected chi connectivity index (χ1v) is 10.5. The van der Waals surface area contributed by atoms with Gasteiger partial charge in [-0.25, -0.2) is 0 Å². The van der Waals surface area contributed by atoms with Crippen LogP contribution in [0.2, 0.25) is 0 Å². The second kappa shape index (κ2) is 9.06. The molecule has 28 heavy (non-hydrogen) atoms. The van der Waals surface area contributed by atoms with Crippen molar-refractivity contribution in [1.29, 1.82) is 5.26 Å². The molecule has 0 aliphatic heterocycles. The highest BCUT2D eigenvalue weighted by molar-refractivity contribution is 5.85. The maximum Gasteiger partial charge on any atom is 0.321 e. The number of ether oxygens (including phenoxy) is 1. The van der Waals surface area contributed by atoms with Crippen molar-refractivity contribution in [2.45, 2.75) is 70.6 Å². The molecule has 0 radical (unpaired) electrons. The Balaban J connectivity index is 1.91. The predicted molar refractivity (Wildman–Crippen MR) is 111 cm³/mol. The van der Waals surface area contributed by atoms with Gasteiger partial charge in [-0.3, -0.25) is 4.79 Å². The van der Waals surface area contributed by atoms with Crippen molar-refractivity contribution >= 4 is 5.97 Å². The average molecular weight is 376 g/mol. The zero-order valence-electron chi connectivity index (χ0n) is 17.0. The minimum atomic E-state index is -0.612. The second-order valence-electron chi connectivity index (χ2n) is 7.78. The summed E-state index contributed by atoms with van der Waals surface area (Å²) in [5, 5.41) is 9.53. The van der Waals surface area contributed by atoms with Crippen molar-refractivity contribution in [2.24, 2.45) is 0 Å². The summed E-state index contributed by atoms with van der Waals surface area (Å²) in [6.45, 7) is 4.24. The van der Waals surface area contributed by atoms with E-state index in [2.05, 4.69) is 44.2 Å². The molecule has 0 bridgehead atoms. The van der Waals surface area contributed by atoms with Gasteiger partial charge in [0.25, 0.3) is 0 Å². The third-order valence-electron chi connectivity index (χ3n) is 5.92. The molecule has 0 unspecified atom stereocenters. The SMILES string of the molecule is CCCc1ccc(OC(=O)C2(c3ccc(CC)cc3)CCCCC2)c(C#N)c1. The number of carbonyl (C=O) groups is 1. The summed E-state index contributed by atoms with van der Waals surface area (Å²) in [4.78, 5) is 13.4. The van der Waals surface area contributed by atoms with Crippen LogP contribution in [0.5, 0.6) is 5.75 Å². The van der Waals surface area contributed by atoms with E-state index in [4.69, 9.17) is 4.74 Å². The Labute approximate surface area is 168 Å². The van der Waals surface area contributed by atoms with Gasteiger partial charge in [0.1, 0.15) is 11.8 Å². The first-order valence-electron chi connectivity index (χ1n) is 10.5. The highest BCUT2D eigenvalue weighted by atomic mass is 16.5. The molecule has 1 fully saturated rings. The molecule has 0 N–H and O–H groups in total. The molecule has 0 saturated heterocycles. The van der Waals surface area contributed by atoms with Gasteiger partial charge in [-0.05, 0) is 54.5 Å². The first kappa shape index (κ1) is 20.1. The predicted octanol–water partition coefficient (Wildman–Crippen LogP) is 5.88. The molecular weight excluding hydrogens is 346 g/mol. The standard InChI is InChI=1S/C25H29NO2/c1-3-8-20-11-14-23(21(17-20)18-26)28-24(27)25(15-6-5-7-16-25)22-12-9-19(4-2)10-13-22/h9-14,17H,3-8,15-16H2,1-2H3. The van der Waals surface area contributed by atoms with Gasteiger partial charge in [-0.2, -0.15) is 5.26 Å². The minimum absolute atomic E-state index is 0.226. The lowest BCUT2D eigenvalue weighted by molar-refractivity contribution is -0.142. The smallest absolute Gasteiger partial charge is 0.321 e. The Kier molecular flexibility index (Phi) is 6.52. The van der Waals surface area contributed by atoms with Gasteiger partial charge < -0.3 is 4.74 Å². The van der Waals surface area contributed by atoms with Crippen LogP contribution in [0.4, 0.5) is 0 Å². The van der Waals surface area contributed by atoms with Gasteiger partial charge >= 0.3 is 5.97 Å². The van der Waals surface area contributed by atoms with Crippen LogP contribution < -0.4 is 4.74 Å². The Bertz CT molecular complexity index is 855. The van der Waals surface area contributed by atoms with Crippen LogP contribution in [-0.4, -0.2) is 5.97 Å². The molecule has 2 aromatic rings. The molecule has 3 rings (SSSR count). The fraction of sp³-hybridized carbons (Fsp3) is 0.440. The van der Waals surface area contributed by atoms with Crippen molar-refractivity contribution < 1.29 is 9.53 Å². The number of aryl methyl sites for hydroxylation is 2. The summed E-state index contributed by atoms with van der Waals surface area (Å²) in [6.07, 6.45) is 7.69. The molecule has 0 spiro atoms. The van der Waals surface area contributed by atoms with Crippen LogP contribution in [0.1, 0.15) is 74.6 Å². The molecule has 0 atom stereocenters. The topological polar surface area (TPSA) is 50.1 Å². The van der Waals surface area contributed by atoms with E-state index < -0.39 is 5.41 Å². The Hall–Kier alpha value is -2.60. The summed E-state index contributed by atoms with van der Waals surface area (Å²) in [7, 11) is 0. The molecule has 0 amide bonds. The van der Waals surface area contributed by atoms with E-state index >= 15 is 0 Å². The monoisotopic (exact) mass is 375 g/mol. The third kappa shape index (κ3) is 4.12. The quantitative estimate of drug-likeness (QED) is 0.468. The fourth-order valence-electron chi connectivity index (χ4n) is 4.22. The van der Waals surface area contributed by atoms with Crippen molar-refractivity contribution in [2.75, 3.05) is 0 Å². The maximum absolute atomic E-state index is 13.4. The number of esters is 1. The Morgan fingerprint density at radius 3 is 2.32 bits per heavy atom. The number of rotatable bonds is 6. The maximum atomic E-state index is 13.4. The number of carbonyl (C=O) groups excluding carboxylic acids is 1. The molecular formula is C25H29NO2. The molecule has 1 saturated carbocycles. The van der Waals surface area contributed by atoms with E-state index in [1.165, 1.54) is 5.56 Å². The number of nitrogens with zero attached hydrogens (tertiary/aromatic N) is 1. The molecule has 3 heteroatoms. The van der Waals surface area contributed by atoms with Gasteiger partial charge in [0.15, 0.2) is 0 Å². The molecule has 0 heterocycles. The van der Waals surface area contributed by atoms with Crippen LogP contribution >= 0.6 is 0 Å². The zero-order chi connectivity index (χ0) is 20.0. The summed E-state index contributed by atoms with van der Waals surface area (Å²) in [6, 6.07) is 16.2. The van der Waals surface area contributed by atoms with E-state index in [1.807, 2.05) is 12.1 Å². The van der Waals surface area contributed by atoms with E-state index in [0.717, 1.165) is 62.5 Å². The number of nitriles is 1. The molecule has 146 valence electrons. The number of benzene rings is 2. The van der Waals surface area contributed by atoms with Crippen LogP contribution in [0.3, 0.4) is 0 Å². The van der Waals surface area contributed by atoms with Gasteiger partial charge in [0.05, 0.1) is 11.0 Å². The van der Waals surface area contributed by atoms with E-state index in [9.17, 15) is 10.1 Å². The number of hydrogen-bond donors (Lipinski definition) is 0. The van der Waals surface area contributed by atoms with E-state index in [-0.39, 0.29) is 5.97 Å². The molecule has 3 nitrogen and oxygen atoms in total. The van der Waals surface area contributed by atoms with Crippen molar-refractivity contribution in [3.05, 3.63) is 64.7 Å². The van der Waals surface area contributed by atoms with Crippen LogP contribution in [0, 0.1) is 11.3 Å². The lowest BCUT2D eigenvalue weighted by atomic mass is 9.69. The van der Waals surface area contributed by atoms with Crippen molar-refractivity contribution in [1.82, 2.24) is 0 Å². The minimum Gasteiger partial charge on any atom is -0.424 e.